The summed E-state index contributed by atoms with van der Waals surface area (Å²) in [7, 11) is 0. The number of hydrogen-bond donors (Lipinski definition) is 1. The van der Waals surface area contributed by atoms with Crippen molar-refractivity contribution in [1.29, 1.82) is 0 Å². The molecule has 0 spiro atoms. The lowest BCUT2D eigenvalue weighted by Crippen LogP contribution is -2.32. The number of hydrogen-bond acceptors (Lipinski definition) is 1. The molecule has 0 unspecified atom stereocenters. The van der Waals surface area contributed by atoms with Crippen LogP contribution in [0.4, 0.5) is 0 Å². The minimum absolute atomic E-state index is 0.0815. The van der Waals surface area contributed by atoms with Crippen molar-refractivity contribution in [1.82, 2.24) is 5.32 Å². The minimum Gasteiger partial charge on any atom is -0.349 e. The van der Waals surface area contributed by atoms with Gasteiger partial charge < -0.3 is 5.32 Å². The van der Waals surface area contributed by atoms with Gasteiger partial charge in [0.1, 0.15) is 0 Å². The fourth-order valence-electron chi connectivity index (χ4n) is 2.60. The molecule has 1 aromatic carbocycles. The lowest BCUT2D eigenvalue weighted by Gasteiger charge is -2.12. The van der Waals surface area contributed by atoms with E-state index in [0.717, 1.165) is 24.8 Å². The highest BCUT2D eigenvalue weighted by molar-refractivity contribution is 5.94. The van der Waals surface area contributed by atoms with E-state index < -0.39 is 0 Å². The van der Waals surface area contributed by atoms with Gasteiger partial charge in [0, 0.05) is 11.6 Å². The fourth-order valence-corrected chi connectivity index (χ4v) is 2.60. The Hall–Kier alpha value is -1.31. The van der Waals surface area contributed by atoms with Crippen molar-refractivity contribution in [2.24, 2.45) is 5.92 Å². The van der Waals surface area contributed by atoms with Gasteiger partial charge in [-0.3, -0.25) is 4.79 Å². The monoisotopic (exact) mass is 245 g/mol. The Morgan fingerprint density at radius 1 is 1.22 bits per heavy atom. The number of amides is 1. The SMILES string of the molecule is CC(C)Cc1ccc(C(=O)NC2CCCC2)cc1. The molecule has 0 bridgehead atoms. The Kier molecular flexibility index (Phi) is 4.40. The first-order valence-corrected chi connectivity index (χ1v) is 7.05. The summed E-state index contributed by atoms with van der Waals surface area (Å²) in [4.78, 5) is 12.0. The lowest BCUT2D eigenvalue weighted by molar-refractivity contribution is 0.0938. The second-order valence-corrected chi connectivity index (χ2v) is 5.75. The van der Waals surface area contributed by atoms with Crippen LogP contribution in [0.3, 0.4) is 0 Å². The Labute approximate surface area is 110 Å². The third-order valence-electron chi connectivity index (χ3n) is 3.55. The zero-order valence-electron chi connectivity index (χ0n) is 11.4. The molecule has 0 heterocycles. The first-order valence-electron chi connectivity index (χ1n) is 7.05. The molecule has 0 atom stereocenters. The van der Waals surface area contributed by atoms with Crippen LogP contribution in [0.1, 0.15) is 55.5 Å². The van der Waals surface area contributed by atoms with Crippen molar-refractivity contribution in [3.8, 4) is 0 Å². The highest BCUT2D eigenvalue weighted by Gasteiger charge is 2.17. The van der Waals surface area contributed by atoms with Crippen LogP contribution in [-0.4, -0.2) is 11.9 Å². The van der Waals surface area contributed by atoms with E-state index in [0.29, 0.717) is 12.0 Å². The summed E-state index contributed by atoms with van der Waals surface area (Å²) < 4.78 is 0. The standard InChI is InChI=1S/C16H23NO/c1-12(2)11-13-7-9-14(10-8-13)16(18)17-15-5-3-4-6-15/h7-10,12,15H,3-6,11H2,1-2H3,(H,17,18). The Morgan fingerprint density at radius 3 is 2.39 bits per heavy atom. The third kappa shape index (κ3) is 3.59. The number of benzene rings is 1. The molecule has 1 aliphatic carbocycles. The number of rotatable bonds is 4. The van der Waals surface area contributed by atoms with Gasteiger partial charge in [0.25, 0.3) is 5.91 Å². The van der Waals surface area contributed by atoms with Gasteiger partial charge in [0.2, 0.25) is 0 Å². The quantitative estimate of drug-likeness (QED) is 0.863. The maximum Gasteiger partial charge on any atom is 0.251 e. The van der Waals surface area contributed by atoms with Crippen LogP contribution in [0.25, 0.3) is 0 Å². The molecule has 2 heteroatoms. The van der Waals surface area contributed by atoms with E-state index in [-0.39, 0.29) is 5.91 Å². The molecule has 0 saturated heterocycles. The van der Waals surface area contributed by atoms with Gasteiger partial charge in [-0.25, -0.2) is 0 Å². The second-order valence-electron chi connectivity index (χ2n) is 5.75. The van der Waals surface area contributed by atoms with Crippen molar-refractivity contribution in [2.45, 2.75) is 52.0 Å². The largest absolute Gasteiger partial charge is 0.349 e. The molecular weight excluding hydrogens is 222 g/mol. The van der Waals surface area contributed by atoms with E-state index in [4.69, 9.17) is 0 Å². The molecule has 2 rings (SSSR count). The maximum atomic E-state index is 12.0. The van der Waals surface area contributed by atoms with Crippen molar-refractivity contribution in [2.75, 3.05) is 0 Å². The summed E-state index contributed by atoms with van der Waals surface area (Å²) in [5.41, 5.74) is 2.09. The minimum atomic E-state index is 0.0815. The summed E-state index contributed by atoms with van der Waals surface area (Å²) in [6.45, 7) is 4.42. The van der Waals surface area contributed by atoms with Crippen LogP contribution < -0.4 is 5.32 Å². The highest BCUT2D eigenvalue weighted by atomic mass is 16.1. The molecule has 1 aromatic rings. The predicted octanol–water partition coefficient (Wildman–Crippen LogP) is 3.56. The summed E-state index contributed by atoms with van der Waals surface area (Å²) >= 11 is 0. The molecule has 1 N–H and O–H groups in total. The van der Waals surface area contributed by atoms with Crippen LogP contribution in [-0.2, 0) is 6.42 Å². The molecule has 1 amide bonds. The van der Waals surface area contributed by atoms with E-state index in [1.165, 1.54) is 18.4 Å². The molecular formula is C16H23NO. The van der Waals surface area contributed by atoms with Gasteiger partial charge in [0.15, 0.2) is 0 Å². The third-order valence-corrected chi connectivity index (χ3v) is 3.55. The van der Waals surface area contributed by atoms with E-state index in [1.807, 2.05) is 12.1 Å². The van der Waals surface area contributed by atoms with Crippen molar-refractivity contribution in [3.63, 3.8) is 0 Å². The van der Waals surface area contributed by atoms with Crippen LogP contribution in [0, 0.1) is 5.92 Å². The maximum absolute atomic E-state index is 12.0. The lowest BCUT2D eigenvalue weighted by atomic mass is 10.0. The van der Waals surface area contributed by atoms with Gasteiger partial charge in [-0.2, -0.15) is 0 Å². The second kappa shape index (κ2) is 6.03. The Bertz CT molecular complexity index is 388. The number of carbonyl (C=O) groups is 1. The first-order chi connectivity index (χ1) is 8.65. The number of carbonyl (C=O) groups excluding carboxylic acids is 1. The smallest absolute Gasteiger partial charge is 0.251 e. The first kappa shape index (κ1) is 13.1. The average Bonchev–Trinajstić information content (AvgIpc) is 2.82. The van der Waals surface area contributed by atoms with Gasteiger partial charge in [-0.1, -0.05) is 38.8 Å². The van der Waals surface area contributed by atoms with Crippen LogP contribution in [0.2, 0.25) is 0 Å². The molecule has 1 aliphatic rings. The molecule has 18 heavy (non-hydrogen) atoms. The summed E-state index contributed by atoms with van der Waals surface area (Å²) in [5.74, 6) is 0.737. The zero-order chi connectivity index (χ0) is 13.0. The van der Waals surface area contributed by atoms with Crippen molar-refractivity contribution < 1.29 is 4.79 Å². The fraction of sp³-hybridized carbons (Fsp3) is 0.562. The number of nitrogens with one attached hydrogen (secondary N) is 1. The van der Waals surface area contributed by atoms with E-state index in [1.54, 1.807) is 0 Å². The Morgan fingerprint density at radius 2 is 1.83 bits per heavy atom. The molecule has 1 saturated carbocycles. The normalized spacial score (nSPS) is 16.2. The molecule has 98 valence electrons. The molecule has 0 aliphatic heterocycles. The summed E-state index contributed by atoms with van der Waals surface area (Å²) in [5, 5.41) is 3.12. The molecule has 0 aromatic heterocycles. The Balaban J connectivity index is 1.93. The molecule has 0 radical (unpaired) electrons. The topological polar surface area (TPSA) is 29.1 Å². The summed E-state index contributed by atoms with van der Waals surface area (Å²) in [6.07, 6.45) is 5.84. The van der Waals surface area contributed by atoms with Gasteiger partial charge in [-0.15, -0.1) is 0 Å². The van der Waals surface area contributed by atoms with Crippen molar-refractivity contribution >= 4 is 5.91 Å². The zero-order valence-corrected chi connectivity index (χ0v) is 11.4. The van der Waals surface area contributed by atoms with Crippen LogP contribution in [0.5, 0.6) is 0 Å². The van der Waals surface area contributed by atoms with Gasteiger partial charge >= 0.3 is 0 Å². The molecule has 2 nitrogen and oxygen atoms in total. The van der Waals surface area contributed by atoms with Crippen molar-refractivity contribution in [3.05, 3.63) is 35.4 Å². The van der Waals surface area contributed by atoms with Crippen LogP contribution >= 0.6 is 0 Å². The van der Waals surface area contributed by atoms with E-state index in [9.17, 15) is 4.79 Å². The highest BCUT2D eigenvalue weighted by Crippen LogP contribution is 2.18. The van der Waals surface area contributed by atoms with E-state index in [2.05, 4.69) is 31.3 Å². The predicted molar refractivity (Wildman–Crippen MR) is 74.7 cm³/mol. The van der Waals surface area contributed by atoms with Crippen LogP contribution in [0.15, 0.2) is 24.3 Å². The van der Waals surface area contributed by atoms with Gasteiger partial charge in [-0.05, 0) is 42.9 Å². The average molecular weight is 245 g/mol. The van der Waals surface area contributed by atoms with E-state index >= 15 is 0 Å². The summed E-state index contributed by atoms with van der Waals surface area (Å²) in [6, 6.07) is 8.43. The molecule has 1 fully saturated rings. The van der Waals surface area contributed by atoms with Gasteiger partial charge in [0.05, 0.1) is 0 Å².